The largest absolute Gasteiger partial charge is 0.496 e. The van der Waals surface area contributed by atoms with Gasteiger partial charge in [-0.25, -0.2) is 13.2 Å². The van der Waals surface area contributed by atoms with Gasteiger partial charge in [0.15, 0.2) is 0 Å². The van der Waals surface area contributed by atoms with Crippen molar-refractivity contribution in [3.63, 3.8) is 0 Å². The van der Waals surface area contributed by atoms with E-state index in [9.17, 15) is 13.2 Å². The molecule has 0 saturated heterocycles. The van der Waals surface area contributed by atoms with E-state index >= 15 is 0 Å². The molecule has 0 amide bonds. The number of nitrogens with one attached hydrogen (secondary N) is 1. The summed E-state index contributed by atoms with van der Waals surface area (Å²) >= 11 is 0. The van der Waals surface area contributed by atoms with Crippen molar-refractivity contribution in [2.45, 2.75) is 19.4 Å². The topological polar surface area (TPSA) is 21.3 Å². The zero-order valence-corrected chi connectivity index (χ0v) is 9.14. The van der Waals surface area contributed by atoms with Crippen LogP contribution in [0.2, 0.25) is 0 Å². The SMILES string of the molecule is COc1cccc(F)c1C(C)NCC(F)F. The van der Waals surface area contributed by atoms with Crippen molar-refractivity contribution in [3.05, 3.63) is 29.6 Å². The fourth-order valence-corrected chi connectivity index (χ4v) is 1.48. The maximum absolute atomic E-state index is 13.5. The van der Waals surface area contributed by atoms with Gasteiger partial charge in [0.05, 0.1) is 13.7 Å². The monoisotopic (exact) mass is 233 g/mol. The van der Waals surface area contributed by atoms with Crippen molar-refractivity contribution in [3.8, 4) is 5.75 Å². The molecule has 1 aromatic rings. The highest BCUT2D eigenvalue weighted by atomic mass is 19.3. The second-order valence-electron chi connectivity index (χ2n) is 3.38. The lowest BCUT2D eigenvalue weighted by Crippen LogP contribution is -2.25. The molecule has 90 valence electrons. The molecule has 0 aliphatic heterocycles. The minimum Gasteiger partial charge on any atom is -0.496 e. The van der Waals surface area contributed by atoms with E-state index in [0.29, 0.717) is 5.75 Å². The Labute approximate surface area is 92.4 Å². The van der Waals surface area contributed by atoms with Crippen molar-refractivity contribution in [1.82, 2.24) is 5.32 Å². The molecule has 0 fully saturated rings. The first-order valence-corrected chi connectivity index (χ1v) is 4.90. The van der Waals surface area contributed by atoms with Gasteiger partial charge in [-0.3, -0.25) is 0 Å². The van der Waals surface area contributed by atoms with Crippen molar-refractivity contribution in [2.75, 3.05) is 13.7 Å². The van der Waals surface area contributed by atoms with Crippen LogP contribution in [0, 0.1) is 5.82 Å². The Morgan fingerprint density at radius 3 is 2.62 bits per heavy atom. The number of halogens is 3. The van der Waals surface area contributed by atoms with E-state index in [4.69, 9.17) is 4.74 Å². The summed E-state index contributed by atoms with van der Waals surface area (Å²) in [5, 5.41) is 2.54. The number of ether oxygens (including phenoxy) is 1. The summed E-state index contributed by atoms with van der Waals surface area (Å²) in [6, 6.07) is 3.86. The van der Waals surface area contributed by atoms with Crippen molar-refractivity contribution in [2.24, 2.45) is 0 Å². The summed E-state index contributed by atoms with van der Waals surface area (Å²) in [6.45, 7) is 1.14. The lowest BCUT2D eigenvalue weighted by molar-refractivity contribution is 0.141. The predicted octanol–water partition coefficient (Wildman–Crippen LogP) is 2.75. The van der Waals surface area contributed by atoms with Gasteiger partial charge < -0.3 is 10.1 Å². The van der Waals surface area contributed by atoms with Gasteiger partial charge in [0.2, 0.25) is 0 Å². The second-order valence-corrected chi connectivity index (χ2v) is 3.38. The summed E-state index contributed by atoms with van der Waals surface area (Å²) in [5.74, 6) is -0.108. The van der Waals surface area contributed by atoms with Gasteiger partial charge >= 0.3 is 0 Å². The molecule has 0 aliphatic rings. The van der Waals surface area contributed by atoms with Crippen LogP contribution in [-0.2, 0) is 0 Å². The number of hydrogen-bond donors (Lipinski definition) is 1. The van der Waals surface area contributed by atoms with Crippen LogP contribution in [-0.4, -0.2) is 20.1 Å². The third kappa shape index (κ3) is 3.13. The first-order valence-electron chi connectivity index (χ1n) is 4.90. The Bertz CT molecular complexity index is 344. The van der Waals surface area contributed by atoms with Gasteiger partial charge in [-0.2, -0.15) is 0 Å². The molecule has 5 heteroatoms. The molecule has 1 rings (SSSR count). The van der Waals surface area contributed by atoms with Crippen LogP contribution in [0.25, 0.3) is 0 Å². The van der Waals surface area contributed by atoms with Crippen LogP contribution < -0.4 is 10.1 Å². The first kappa shape index (κ1) is 12.8. The molecule has 16 heavy (non-hydrogen) atoms. The molecule has 0 aromatic heterocycles. The van der Waals surface area contributed by atoms with Crippen molar-refractivity contribution in [1.29, 1.82) is 0 Å². The van der Waals surface area contributed by atoms with Crippen molar-refractivity contribution >= 4 is 0 Å². The molecule has 1 atom stereocenters. The average Bonchev–Trinajstić information content (AvgIpc) is 2.25. The summed E-state index contributed by atoms with van der Waals surface area (Å²) in [5.41, 5.74) is 0.269. The molecule has 0 spiro atoms. The fraction of sp³-hybridized carbons (Fsp3) is 0.455. The van der Waals surface area contributed by atoms with Crippen LogP contribution in [0.15, 0.2) is 18.2 Å². The lowest BCUT2D eigenvalue weighted by atomic mass is 10.1. The Balaban J connectivity index is 2.84. The third-order valence-corrected chi connectivity index (χ3v) is 2.24. The predicted molar refractivity (Wildman–Crippen MR) is 55.4 cm³/mol. The molecule has 0 saturated carbocycles. The number of rotatable bonds is 5. The zero-order valence-electron chi connectivity index (χ0n) is 9.14. The third-order valence-electron chi connectivity index (χ3n) is 2.24. The van der Waals surface area contributed by atoms with Gasteiger partial charge in [-0.15, -0.1) is 0 Å². The molecule has 2 nitrogen and oxygen atoms in total. The van der Waals surface area contributed by atoms with E-state index < -0.39 is 24.8 Å². The Morgan fingerprint density at radius 1 is 1.38 bits per heavy atom. The second kappa shape index (κ2) is 5.75. The molecule has 0 radical (unpaired) electrons. The molecular formula is C11H14F3NO. The van der Waals surface area contributed by atoms with Gasteiger partial charge in [0.25, 0.3) is 6.43 Å². The van der Waals surface area contributed by atoms with Gasteiger partial charge in [0.1, 0.15) is 11.6 Å². The van der Waals surface area contributed by atoms with Crippen LogP contribution in [0.3, 0.4) is 0 Å². The van der Waals surface area contributed by atoms with Crippen LogP contribution in [0.1, 0.15) is 18.5 Å². The maximum atomic E-state index is 13.5. The average molecular weight is 233 g/mol. The molecule has 0 bridgehead atoms. The number of benzene rings is 1. The summed E-state index contributed by atoms with van der Waals surface area (Å²) in [4.78, 5) is 0. The lowest BCUT2D eigenvalue weighted by Gasteiger charge is -2.17. The Morgan fingerprint density at radius 2 is 2.06 bits per heavy atom. The summed E-state index contributed by atoms with van der Waals surface area (Å²) < 4.78 is 42.5. The number of alkyl halides is 2. The normalized spacial score (nSPS) is 12.9. The zero-order chi connectivity index (χ0) is 12.1. The first-order chi connectivity index (χ1) is 7.56. The van der Waals surface area contributed by atoms with Crippen LogP contribution in [0.5, 0.6) is 5.75 Å². The minimum atomic E-state index is -2.46. The van der Waals surface area contributed by atoms with Crippen LogP contribution >= 0.6 is 0 Å². The smallest absolute Gasteiger partial charge is 0.250 e. The van der Waals surface area contributed by atoms with E-state index in [2.05, 4.69) is 5.32 Å². The maximum Gasteiger partial charge on any atom is 0.250 e. The number of hydrogen-bond acceptors (Lipinski definition) is 2. The van der Waals surface area contributed by atoms with Crippen LogP contribution in [0.4, 0.5) is 13.2 Å². The standard InChI is InChI=1S/C11H14F3NO/c1-7(15-6-10(13)14)11-8(12)4-3-5-9(11)16-2/h3-5,7,10,15H,6H2,1-2H3. The Kier molecular flexibility index (Phi) is 4.61. The summed E-state index contributed by atoms with van der Waals surface area (Å²) in [7, 11) is 1.41. The molecule has 1 N–H and O–H groups in total. The van der Waals surface area contributed by atoms with E-state index in [1.165, 1.54) is 19.2 Å². The van der Waals surface area contributed by atoms with Gasteiger partial charge in [0, 0.05) is 11.6 Å². The quantitative estimate of drug-likeness (QED) is 0.844. The number of methoxy groups -OCH3 is 1. The highest BCUT2D eigenvalue weighted by Gasteiger charge is 2.17. The molecule has 1 aromatic carbocycles. The van der Waals surface area contributed by atoms with Gasteiger partial charge in [-0.05, 0) is 19.1 Å². The van der Waals surface area contributed by atoms with E-state index in [-0.39, 0.29) is 5.56 Å². The molecule has 0 heterocycles. The van der Waals surface area contributed by atoms with Crippen molar-refractivity contribution < 1.29 is 17.9 Å². The highest BCUT2D eigenvalue weighted by molar-refractivity contribution is 5.36. The van der Waals surface area contributed by atoms with E-state index in [1.54, 1.807) is 13.0 Å². The van der Waals surface area contributed by atoms with E-state index in [0.717, 1.165) is 0 Å². The Hall–Kier alpha value is -1.23. The molecule has 1 unspecified atom stereocenters. The molecular weight excluding hydrogens is 219 g/mol. The molecule has 0 aliphatic carbocycles. The highest BCUT2D eigenvalue weighted by Crippen LogP contribution is 2.27. The fourth-order valence-electron chi connectivity index (χ4n) is 1.48. The van der Waals surface area contributed by atoms with Gasteiger partial charge in [-0.1, -0.05) is 6.07 Å². The summed E-state index contributed by atoms with van der Waals surface area (Å²) in [6.07, 6.45) is -2.46. The van der Waals surface area contributed by atoms with E-state index in [1.807, 2.05) is 0 Å². The minimum absolute atomic E-state index is 0.269.